The summed E-state index contributed by atoms with van der Waals surface area (Å²) in [7, 11) is 0. The van der Waals surface area contributed by atoms with E-state index in [1.807, 2.05) is 5.43 Å². The summed E-state index contributed by atoms with van der Waals surface area (Å²) in [6.45, 7) is -0.503. The zero-order valence-electron chi connectivity index (χ0n) is 13.6. The molecule has 150 valence electrons. The van der Waals surface area contributed by atoms with Crippen molar-refractivity contribution in [3.63, 3.8) is 0 Å². The topological polar surface area (TPSA) is 91.5 Å². The highest BCUT2D eigenvalue weighted by molar-refractivity contribution is 6.44. The molecule has 14 heteroatoms. The molecule has 0 radical (unpaired) electrons. The maximum absolute atomic E-state index is 13.0. The van der Waals surface area contributed by atoms with Crippen LogP contribution in [0.4, 0.5) is 31.1 Å². The number of halogens is 6. The van der Waals surface area contributed by atoms with Crippen molar-refractivity contribution in [2.45, 2.75) is 24.4 Å². The Morgan fingerprint density at radius 2 is 1.93 bits per heavy atom. The minimum Gasteiger partial charge on any atom is -0.369 e. The van der Waals surface area contributed by atoms with E-state index in [2.05, 4.69) is 25.2 Å². The van der Waals surface area contributed by atoms with E-state index < -0.39 is 42.7 Å². The average Bonchev–Trinajstić information content (AvgIpc) is 3.09. The Hall–Kier alpha value is -3.19. The van der Waals surface area contributed by atoms with Gasteiger partial charge in [-0.05, 0) is 6.07 Å². The summed E-state index contributed by atoms with van der Waals surface area (Å²) >= 11 is 0. The monoisotopic (exact) mass is 408 g/mol. The number of hydrogen-bond acceptors (Lipinski definition) is 6. The minimum atomic E-state index is -5.76. The van der Waals surface area contributed by atoms with Crippen molar-refractivity contribution in [3.05, 3.63) is 30.1 Å². The summed E-state index contributed by atoms with van der Waals surface area (Å²) in [4.78, 5) is 19.4. The molecule has 1 N–H and O–H groups in total. The lowest BCUT2D eigenvalue weighted by Gasteiger charge is -2.30. The number of carbonyl (C=O) groups excluding carboxylic acids is 1. The van der Waals surface area contributed by atoms with Crippen molar-refractivity contribution in [2.24, 2.45) is 15.4 Å². The summed E-state index contributed by atoms with van der Waals surface area (Å²) in [6.07, 6.45) is -8.98. The van der Waals surface area contributed by atoms with Gasteiger partial charge in [0, 0.05) is 18.0 Å². The van der Waals surface area contributed by atoms with Crippen LogP contribution in [0.3, 0.4) is 0 Å². The van der Waals surface area contributed by atoms with Crippen LogP contribution in [0.25, 0.3) is 0 Å². The van der Waals surface area contributed by atoms with Crippen LogP contribution in [-0.2, 0) is 4.84 Å². The molecule has 0 atom stereocenters. The third kappa shape index (κ3) is 3.48. The van der Waals surface area contributed by atoms with Gasteiger partial charge < -0.3 is 4.84 Å². The molecule has 1 aromatic rings. The molecule has 3 heterocycles. The molecule has 28 heavy (non-hydrogen) atoms. The van der Waals surface area contributed by atoms with Gasteiger partial charge in [-0.15, -0.1) is 0 Å². The number of amides is 2. The lowest BCUT2D eigenvalue weighted by Crippen LogP contribution is -2.57. The lowest BCUT2D eigenvalue weighted by molar-refractivity contribution is -0.373. The number of hydrazone groups is 2. The molecular weight excluding hydrogens is 398 g/mol. The van der Waals surface area contributed by atoms with Crippen LogP contribution in [0.15, 0.2) is 39.9 Å². The standard InChI is InChI=1S/C14H10F6N6O2/c15-13(16,17)12(14(18,19)20)4-9(25-28-12)10-7-26(11(27)24-23-10)22-6-8-2-1-3-21-5-8/h1-3,5-6H,4,7H2,(H,24,27)/b22-6+. The van der Waals surface area contributed by atoms with Crippen molar-refractivity contribution in [2.75, 3.05) is 6.54 Å². The molecule has 8 nitrogen and oxygen atoms in total. The molecule has 0 saturated heterocycles. The van der Waals surface area contributed by atoms with Gasteiger partial charge in [0.1, 0.15) is 11.4 Å². The van der Waals surface area contributed by atoms with Crippen LogP contribution in [-0.4, -0.2) is 58.2 Å². The first-order valence-corrected chi connectivity index (χ1v) is 7.50. The Labute approximate surface area is 152 Å². The molecule has 0 saturated carbocycles. The maximum Gasteiger partial charge on any atom is 0.440 e. The Bertz CT molecular complexity index is 834. The van der Waals surface area contributed by atoms with Crippen LogP contribution in [0.5, 0.6) is 0 Å². The van der Waals surface area contributed by atoms with Gasteiger partial charge >= 0.3 is 24.0 Å². The van der Waals surface area contributed by atoms with Crippen LogP contribution in [0.2, 0.25) is 0 Å². The van der Waals surface area contributed by atoms with Gasteiger partial charge in [0.05, 0.1) is 19.2 Å². The number of nitrogens with one attached hydrogen (secondary N) is 1. The van der Waals surface area contributed by atoms with E-state index in [9.17, 15) is 31.1 Å². The quantitative estimate of drug-likeness (QED) is 0.615. The highest BCUT2D eigenvalue weighted by atomic mass is 19.4. The number of hydrogen-bond donors (Lipinski definition) is 1. The molecule has 0 unspecified atom stereocenters. The second kappa shape index (κ2) is 6.76. The third-order valence-corrected chi connectivity index (χ3v) is 3.83. The molecule has 0 aliphatic carbocycles. The van der Waals surface area contributed by atoms with Crippen molar-refractivity contribution >= 4 is 23.7 Å². The van der Waals surface area contributed by atoms with Gasteiger partial charge in [-0.25, -0.2) is 15.2 Å². The molecule has 0 aromatic carbocycles. The smallest absolute Gasteiger partial charge is 0.369 e. The fourth-order valence-electron chi connectivity index (χ4n) is 2.31. The van der Waals surface area contributed by atoms with E-state index in [1.165, 1.54) is 18.6 Å². The molecule has 0 bridgehead atoms. The van der Waals surface area contributed by atoms with E-state index in [4.69, 9.17) is 0 Å². The van der Waals surface area contributed by atoms with Crippen LogP contribution < -0.4 is 5.43 Å². The summed E-state index contributed by atoms with van der Waals surface area (Å²) < 4.78 is 78.2. The van der Waals surface area contributed by atoms with E-state index in [1.54, 1.807) is 12.1 Å². The van der Waals surface area contributed by atoms with Gasteiger partial charge in [-0.2, -0.15) is 36.5 Å². The van der Waals surface area contributed by atoms with Gasteiger partial charge in [0.2, 0.25) is 0 Å². The fraction of sp³-hybridized carbons (Fsp3) is 0.357. The first-order chi connectivity index (χ1) is 13.0. The zero-order valence-corrected chi connectivity index (χ0v) is 13.6. The number of oxime groups is 1. The molecule has 2 aliphatic rings. The number of aromatic nitrogens is 1. The number of nitrogens with zero attached hydrogens (tertiary/aromatic N) is 5. The number of pyridine rings is 1. The Balaban J connectivity index is 1.78. The van der Waals surface area contributed by atoms with Crippen LogP contribution in [0, 0.1) is 0 Å². The van der Waals surface area contributed by atoms with Crippen LogP contribution in [0.1, 0.15) is 12.0 Å². The first-order valence-electron chi connectivity index (χ1n) is 7.50. The predicted molar refractivity (Wildman–Crippen MR) is 82.5 cm³/mol. The molecule has 0 spiro atoms. The predicted octanol–water partition coefficient (Wildman–Crippen LogP) is 2.44. The van der Waals surface area contributed by atoms with Crippen molar-refractivity contribution < 1.29 is 36.0 Å². The Kier molecular flexibility index (Phi) is 4.72. The summed E-state index contributed by atoms with van der Waals surface area (Å²) in [5, 5.41) is 11.0. The normalized spacial score (nSPS) is 19.9. The molecule has 1 aromatic heterocycles. The number of carbonyl (C=O) groups is 1. The second-order valence-electron chi connectivity index (χ2n) is 5.69. The van der Waals surface area contributed by atoms with E-state index in [0.29, 0.717) is 5.56 Å². The molecule has 2 amide bonds. The van der Waals surface area contributed by atoms with Gasteiger partial charge in [0.15, 0.2) is 0 Å². The molecule has 3 rings (SSSR count). The van der Waals surface area contributed by atoms with Gasteiger partial charge in [-0.1, -0.05) is 11.2 Å². The lowest BCUT2D eigenvalue weighted by atomic mass is 9.94. The van der Waals surface area contributed by atoms with Crippen molar-refractivity contribution in [1.29, 1.82) is 0 Å². The highest BCUT2D eigenvalue weighted by Gasteiger charge is 2.76. The Morgan fingerprint density at radius 3 is 2.50 bits per heavy atom. The average molecular weight is 408 g/mol. The molecule has 0 fully saturated rings. The second-order valence-corrected chi connectivity index (χ2v) is 5.69. The number of alkyl halides is 6. The summed E-state index contributed by atoms with van der Waals surface area (Å²) in [6, 6.07) is 2.38. The van der Waals surface area contributed by atoms with E-state index in [-0.39, 0.29) is 5.71 Å². The fourth-order valence-corrected chi connectivity index (χ4v) is 2.31. The zero-order chi connectivity index (χ0) is 20.6. The summed E-state index contributed by atoms with van der Waals surface area (Å²) in [5.74, 6) is 0. The SMILES string of the molecule is O=C1NN=C(C2=NOC(C(F)(F)F)(C(F)(F)F)C2)CN1/N=C/c1cccnc1. The van der Waals surface area contributed by atoms with Gasteiger partial charge in [0.25, 0.3) is 0 Å². The van der Waals surface area contributed by atoms with Crippen molar-refractivity contribution in [1.82, 2.24) is 15.4 Å². The number of rotatable bonds is 3. The van der Waals surface area contributed by atoms with E-state index >= 15 is 0 Å². The first kappa shape index (κ1) is 19.6. The third-order valence-electron chi connectivity index (χ3n) is 3.83. The van der Waals surface area contributed by atoms with Crippen LogP contribution >= 0.6 is 0 Å². The minimum absolute atomic E-state index is 0.349. The molecule has 2 aliphatic heterocycles. The van der Waals surface area contributed by atoms with E-state index in [0.717, 1.165) is 5.01 Å². The van der Waals surface area contributed by atoms with Gasteiger partial charge in [-0.3, -0.25) is 4.98 Å². The highest BCUT2D eigenvalue weighted by Crippen LogP contribution is 2.50. The maximum atomic E-state index is 13.0. The molecular formula is C14H10F6N6O2. The number of urea groups is 1. The summed E-state index contributed by atoms with van der Waals surface area (Å²) in [5.41, 5.74) is -3.06. The largest absolute Gasteiger partial charge is 0.440 e. The Morgan fingerprint density at radius 1 is 1.21 bits per heavy atom. The van der Waals surface area contributed by atoms with Crippen molar-refractivity contribution in [3.8, 4) is 0 Å².